The molecule has 0 aliphatic heterocycles. The summed E-state index contributed by atoms with van der Waals surface area (Å²) in [6.07, 6.45) is 1.51. The third-order valence-corrected chi connectivity index (χ3v) is 2.19. The molecule has 0 aliphatic carbocycles. The van der Waals surface area contributed by atoms with E-state index >= 15 is 0 Å². The van der Waals surface area contributed by atoms with E-state index in [4.69, 9.17) is 0 Å². The fraction of sp³-hybridized carbons (Fsp3) is 0.0833. The van der Waals surface area contributed by atoms with E-state index in [9.17, 15) is 9.18 Å². The lowest BCUT2D eigenvalue weighted by Crippen LogP contribution is -1.99. The Kier molecular flexibility index (Phi) is 2.37. The molecular formula is C12H10FNO. The molecule has 15 heavy (non-hydrogen) atoms. The van der Waals surface area contributed by atoms with E-state index < -0.39 is 0 Å². The van der Waals surface area contributed by atoms with Gasteiger partial charge in [-0.15, -0.1) is 0 Å². The van der Waals surface area contributed by atoms with Crippen molar-refractivity contribution in [1.29, 1.82) is 0 Å². The van der Waals surface area contributed by atoms with E-state index in [0.29, 0.717) is 11.3 Å². The van der Waals surface area contributed by atoms with Crippen LogP contribution in [0, 0.1) is 12.7 Å². The number of H-pyrrole nitrogens is 1. The Bertz CT molecular complexity index is 545. The van der Waals surface area contributed by atoms with Crippen molar-refractivity contribution in [3.63, 3.8) is 0 Å². The molecule has 0 unspecified atom stereocenters. The summed E-state index contributed by atoms with van der Waals surface area (Å²) in [6, 6.07) is 7.70. The highest BCUT2D eigenvalue weighted by Crippen LogP contribution is 2.19. The average Bonchev–Trinajstić information content (AvgIpc) is 2.17. The summed E-state index contributed by atoms with van der Waals surface area (Å²) in [4.78, 5) is 13.9. The lowest BCUT2D eigenvalue weighted by Gasteiger charge is -2.03. The molecule has 3 heteroatoms. The fourth-order valence-electron chi connectivity index (χ4n) is 1.44. The van der Waals surface area contributed by atoms with E-state index in [2.05, 4.69) is 4.98 Å². The normalized spacial score (nSPS) is 10.3. The van der Waals surface area contributed by atoms with Crippen LogP contribution in [0.4, 0.5) is 4.39 Å². The molecule has 2 nitrogen and oxygen atoms in total. The van der Waals surface area contributed by atoms with Gasteiger partial charge in [-0.25, -0.2) is 4.39 Å². The van der Waals surface area contributed by atoms with E-state index in [1.54, 1.807) is 6.07 Å². The van der Waals surface area contributed by atoms with Gasteiger partial charge in [-0.2, -0.15) is 0 Å². The largest absolute Gasteiger partial charge is 0.361 e. The van der Waals surface area contributed by atoms with Crippen molar-refractivity contribution < 1.29 is 4.39 Å². The Balaban J connectivity index is 2.59. The first-order chi connectivity index (χ1) is 7.16. The first-order valence-electron chi connectivity index (χ1n) is 4.62. The summed E-state index contributed by atoms with van der Waals surface area (Å²) in [6.45, 7) is 1.82. The Labute approximate surface area is 86.4 Å². The van der Waals surface area contributed by atoms with Crippen molar-refractivity contribution in [3.8, 4) is 11.3 Å². The molecule has 0 amide bonds. The minimum Gasteiger partial charge on any atom is -0.361 e. The number of hydrogen-bond acceptors (Lipinski definition) is 1. The van der Waals surface area contributed by atoms with Crippen LogP contribution in [0.5, 0.6) is 0 Å². The van der Waals surface area contributed by atoms with Crippen LogP contribution in [-0.4, -0.2) is 4.98 Å². The highest BCUT2D eigenvalue weighted by Gasteiger charge is 2.05. The molecule has 0 radical (unpaired) electrons. The SMILES string of the molecule is Cc1ccc(-c2cc(=O)cc[nH]2)c(F)c1. The van der Waals surface area contributed by atoms with Gasteiger partial charge in [0.25, 0.3) is 0 Å². The number of aryl methyl sites for hydroxylation is 1. The zero-order valence-corrected chi connectivity index (χ0v) is 8.25. The Morgan fingerprint density at radius 1 is 1.20 bits per heavy atom. The standard InChI is InChI=1S/C12H10FNO/c1-8-2-3-10(11(13)6-8)12-7-9(15)4-5-14-12/h2-7H,1H3,(H,14,15). The molecule has 1 aromatic heterocycles. The molecule has 1 N–H and O–H groups in total. The van der Waals surface area contributed by atoms with Gasteiger partial charge < -0.3 is 4.98 Å². The van der Waals surface area contributed by atoms with E-state index in [1.165, 1.54) is 24.4 Å². The summed E-state index contributed by atoms with van der Waals surface area (Å²) in [7, 11) is 0. The topological polar surface area (TPSA) is 32.9 Å². The summed E-state index contributed by atoms with van der Waals surface area (Å²) in [5.41, 5.74) is 1.64. The molecule has 0 saturated heterocycles. The number of rotatable bonds is 1. The van der Waals surface area contributed by atoms with Gasteiger partial charge in [0.15, 0.2) is 5.43 Å². The molecule has 2 aromatic rings. The molecule has 0 atom stereocenters. The van der Waals surface area contributed by atoms with Crippen molar-refractivity contribution >= 4 is 0 Å². The number of hydrogen-bond donors (Lipinski definition) is 1. The first-order valence-corrected chi connectivity index (χ1v) is 4.62. The maximum absolute atomic E-state index is 13.5. The van der Waals surface area contributed by atoms with Crippen molar-refractivity contribution in [2.24, 2.45) is 0 Å². The summed E-state index contributed by atoms with van der Waals surface area (Å²) < 4.78 is 13.5. The summed E-state index contributed by atoms with van der Waals surface area (Å²) in [5.74, 6) is -0.322. The van der Waals surface area contributed by atoms with Crippen molar-refractivity contribution in [1.82, 2.24) is 4.98 Å². The number of aromatic nitrogens is 1. The fourth-order valence-corrected chi connectivity index (χ4v) is 1.44. The lowest BCUT2D eigenvalue weighted by atomic mass is 10.1. The highest BCUT2D eigenvalue weighted by atomic mass is 19.1. The van der Waals surface area contributed by atoms with Gasteiger partial charge in [0, 0.05) is 23.9 Å². The third-order valence-electron chi connectivity index (χ3n) is 2.19. The third kappa shape index (κ3) is 1.96. The maximum Gasteiger partial charge on any atom is 0.182 e. The van der Waals surface area contributed by atoms with Gasteiger partial charge in [-0.05, 0) is 24.6 Å². The predicted molar refractivity (Wildman–Crippen MR) is 57.2 cm³/mol. The predicted octanol–water partition coefficient (Wildman–Crippen LogP) is 2.49. The molecule has 1 aromatic carbocycles. The smallest absolute Gasteiger partial charge is 0.182 e. The average molecular weight is 203 g/mol. The summed E-state index contributed by atoms with van der Waals surface area (Å²) in [5, 5.41) is 0. The molecule has 0 bridgehead atoms. The van der Waals surface area contributed by atoms with E-state index in [-0.39, 0.29) is 11.2 Å². The quantitative estimate of drug-likeness (QED) is 0.758. The molecule has 0 spiro atoms. The highest BCUT2D eigenvalue weighted by molar-refractivity contribution is 5.59. The van der Waals surface area contributed by atoms with Gasteiger partial charge in [0.1, 0.15) is 5.82 Å². The monoisotopic (exact) mass is 203 g/mol. The van der Waals surface area contributed by atoms with Gasteiger partial charge in [-0.3, -0.25) is 4.79 Å². The second-order valence-electron chi connectivity index (χ2n) is 3.42. The molecule has 2 rings (SSSR count). The van der Waals surface area contributed by atoms with Crippen molar-refractivity contribution in [2.75, 3.05) is 0 Å². The van der Waals surface area contributed by atoms with Crippen LogP contribution >= 0.6 is 0 Å². The lowest BCUT2D eigenvalue weighted by molar-refractivity contribution is 0.629. The number of benzene rings is 1. The number of pyridine rings is 1. The van der Waals surface area contributed by atoms with E-state index in [0.717, 1.165) is 5.56 Å². The van der Waals surface area contributed by atoms with Crippen molar-refractivity contribution in [2.45, 2.75) is 6.92 Å². The Morgan fingerprint density at radius 2 is 2.00 bits per heavy atom. The Hall–Kier alpha value is -1.90. The molecular weight excluding hydrogens is 193 g/mol. The summed E-state index contributed by atoms with van der Waals surface area (Å²) >= 11 is 0. The van der Waals surface area contributed by atoms with Gasteiger partial charge in [0.2, 0.25) is 0 Å². The first kappa shape index (κ1) is 9.65. The molecule has 0 fully saturated rings. The van der Waals surface area contributed by atoms with Gasteiger partial charge in [-0.1, -0.05) is 6.07 Å². The molecule has 76 valence electrons. The zero-order valence-electron chi connectivity index (χ0n) is 8.25. The van der Waals surface area contributed by atoms with E-state index in [1.807, 2.05) is 13.0 Å². The minimum atomic E-state index is -0.322. The molecule has 0 aliphatic rings. The number of halogens is 1. The number of nitrogens with one attached hydrogen (secondary N) is 1. The van der Waals surface area contributed by atoms with Crippen LogP contribution in [0.3, 0.4) is 0 Å². The van der Waals surface area contributed by atoms with Gasteiger partial charge >= 0.3 is 0 Å². The van der Waals surface area contributed by atoms with Crippen molar-refractivity contribution in [3.05, 3.63) is 58.1 Å². The number of aromatic amines is 1. The van der Waals surface area contributed by atoms with Gasteiger partial charge in [0.05, 0.1) is 5.69 Å². The minimum absolute atomic E-state index is 0.135. The van der Waals surface area contributed by atoms with Crippen LogP contribution in [0.2, 0.25) is 0 Å². The second kappa shape index (κ2) is 3.69. The second-order valence-corrected chi connectivity index (χ2v) is 3.42. The molecule has 0 saturated carbocycles. The molecule has 1 heterocycles. The zero-order chi connectivity index (χ0) is 10.8. The Morgan fingerprint density at radius 3 is 2.67 bits per heavy atom. The maximum atomic E-state index is 13.5. The van der Waals surface area contributed by atoms with Crippen LogP contribution in [0.1, 0.15) is 5.56 Å². The van der Waals surface area contributed by atoms with Crippen LogP contribution < -0.4 is 5.43 Å². The van der Waals surface area contributed by atoms with Crippen LogP contribution in [0.25, 0.3) is 11.3 Å². The van der Waals surface area contributed by atoms with Crippen LogP contribution in [-0.2, 0) is 0 Å². The van der Waals surface area contributed by atoms with Crippen LogP contribution in [0.15, 0.2) is 41.3 Å².